The quantitative estimate of drug-likeness (QED) is 0.894. The van der Waals surface area contributed by atoms with Crippen molar-refractivity contribution in [2.45, 2.75) is 50.7 Å². The van der Waals surface area contributed by atoms with Gasteiger partial charge in [-0.3, -0.25) is 4.79 Å². The third-order valence-corrected chi connectivity index (χ3v) is 5.86. The van der Waals surface area contributed by atoms with Gasteiger partial charge in [-0.15, -0.1) is 0 Å². The molecular formula is C22H25NO2. The molecule has 3 heteroatoms. The molecule has 3 nitrogen and oxygen atoms in total. The van der Waals surface area contributed by atoms with Crippen LogP contribution in [0.25, 0.3) is 11.1 Å². The van der Waals surface area contributed by atoms with Crippen LogP contribution in [0.5, 0.6) is 0 Å². The number of hydrogen-bond donors (Lipinski definition) is 1. The lowest BCUT2D eigenvalue weighted by atomic mass is 9.69. The molecule has 1 N–H and O–H groups in total. The Labute approximate surface area is 149 Å². The van der Waals surface area contributed by atoms with E-state index >= 15 is 0 Å². The zero-order valence-electron chi connectivity index (χ0n) is 14.7. The molecule has 1 spiro atoms. The van der Waals surface area contributed by atoms with Crippen LogP contribution in [0.15, 0.2) is 48.5 Å². The lowest BCUT2D eigenvalue weighted by Crippen LogP contribution is -2.61. The number of aryl methyl sites for hydroxylation is 1. The summed E-state index contributed by atoms with van der Waals surface area (Å²) in [6.45, 7) is 2.74. The highest BCUT2D eigenvalue weighted by Crippen LogP contribution is 2.45. The molecule has 1 atom stereocenters. The largest absolute Gasteiger partial charge is 0.393 e. The van der Waals surface area contributed by atoms with Crippen molar-refractivity contribution in [3.63, 3.8) is 0 Å². The number of carbonyl (C=O) groups excluding carboxylic acids is 1. The molecule has 4 rings (SSSR count). The van der Waals surface area contributed by atoms with Crippen molar-refractivity contribution in [2.75, 3.05) is 6.54 Å². The van der Waals surface area contributed by atoms with E-state index in [2.05, 4.69) is 37.3 Å². The molecule has 1 aliphatic carbocycles. The van der Waals surface area contributed by atoms with Gasteiger partial charge in [-0.05, 0) is 62.3 Å². The molecule has 1 aliphatic heterocycles. The lowest BCUT2D eigenvalue weighted by Gasteiger charge is -2.54. The fourth-order valence-corrected chi connectivity index (χ4v) is 4.35. The number of hydrogen-bond acceptors (Lipinski definition) is 2. The van der Waals surface area contributed by atoms with Crippen LogP contribution in [0.4, 0.5) is 0 Å². The Morgan fingerprint density at radius 1 is 1.12 bits per heavy atom. The molecule has 0 radical (unpaired) electrons. The number of aliphatic hydroxyl groups excluding tert-OH is 1. The van der Waals surface area contributed by atoms with E-state index in [0.717, 1.165) is 42.4 Å². The minimum absolute atomic E-state index is 0.103. The highest BCUT2D eigenvalue weighted by molar-refractivity contribution is 5.96. The first-order chi connectivity index (χ1) is 12.1. The molecule has 1 unspecified atom stereocenters. The third kappa shape index (κ3) is 2.98. The summed E-state index contributed by atoms with van der Waals surface area (Å²) >= 11 is 0. The van der Waals surface area contributed by atoms with Crippen molar-refractivity contribution >= 4 is 5.91 Å². The molecule has 2 aromatic rings. The maximum atomic E-state index is 13.2. The van der Waals surface area contributed by atoms with E-state index in [-0.39, 0.29) is 17.6 Å². The molecule has 1 saturated carbocycles. The fourth-order valence-electron chi connectivity index (χ4n) is 4.35. The number of aliphatic hydroxyl groups is 1. The zero-order chi connectivity index (χ0) is 17.4. The van der Waals surface area contributed by atoms with Crippen LogP contribution in [0.2, 0.25) is 0 Å². The molecule has 2 aromatic carbocycles. The molecule has 0 aromatic heterocycles. The summed E-state index contributed by atoms with van der Waals surface area (Å²) in [6.07, 6.45) is 4.35. The maximum absolute atomic E-state index is 13.2. The van der Waals surface area contributed by atoms with Gasteiger partial charge in [-0.1, -0.05) is 42.0 Å². The molecule has 25 heavy (non-hydrogen) atoms. The van der Waals surface area contributed by atoms with Crippen LogP contribution in [-0.2, 0) is 0 Å². The summed E-state index contributed by atoms with van der Waals surface area (Å²) in [6, 6.07) is 16.3. The predicted octanol–water partition coefficient (Wildman–Crippen LogP) is 4.18. The molecule has 1 saturated heterocycles. The third-order valence-electron chi connectivity index (χ3n) is 5.86. The average molecular weight is 335 g/mol. The van der Waals surface area contributed by atoms with E-state index in [4.69, 9.17) is 0 Å². The lowest BCUT2D eigenvalue weighted by molar-refractivity contribution is -0.0484. The Hall–Kier alpha value is -2.13. The van der Waals surface area contributed by atoms with Gasteiger partial charge in [0.2, 0.25) is 0 Å². The van der Waals surface area contributed by atoms with E-state index in [1.54, 1.807) is 0 Å². The van der Waals surface area contributed by atoms with Crippen LogP contribution in [-0.4, -0.2) is 34.1 Å². The molecule has 130 valence electrons. The molecule has 0 bridgehead atoms. The monoisotopic (exact) mass is 335 g/mol. The summed E-state index contributed by atoms with van der Waals surface area (Å²) in [4.78, 5) is 15.2. The Bertz CT molecular complexity index is 794. The zero-order valence-corrected chi connectivity index (χ0v) is 14.7. The molecule has 2 aliphatic rings. The first-order valence-corrected chi connectivity index (χ1v) is 9.25. The minimum atomic E-state index is -0.261. The van der Waals surface area contributed by atoms with Gasteiger partial charge in [-0.25, -0.2) is 0 Å². The van der Waals surface area contributed by atoms with Crippen LogP contribution < -0.4 is 0 Å². The second-order valence-electron chi connectivity index (χ2n) is 7.63. The van der Waals surface area contributed by atoms with Gasteiger partial charge in [0.1, 0.15) is 0 Å². The van der Waals surface area contributed by atoms with E-state index < -0.39 is 0 Å². The highest BCUT2D eigenvalue weighted by Gasteiger charge is 2.48. The summed E-state index contributed by atoms with van der Waals surface area (Å²) in [5.41, 5.74) is 4.08. The number of amides is 1. The van der Waals surface area contributed by atoms with Gasteiger partial charge in [0.25, 0.3) is 5.91 Å². The van der Waals surface area contributed by atoms with Gasteiger partial charge in [0.15, 0.2) is 0 Å². The average Bonchev–Trinajstić information content (AvgIpc) is 2.60. The first-order valence-electron chi connectivity index (χ1n) is 9.25. The van der Waals surface area contributed by atoms with Crippen molar-refractivity contribution in [2.24, 2.45) is 0 Å². The summed E-state index contributed by atoms with van der Waals surface area (Å²) in [5.74, 6) is 0.112. The van der Waals surface area contributed by atoms with Crippen molar-refractivity contribution in [1.82, 2.24) is 4.90 Å². The SMILES string of the molecule is Cc1cccc(-c2cccc(C(=O)N3CCC(O)CC34CCC4)c2)c1. The second kappa shape index (κ2) is 6.30. The van der Waals surface area contributed by atoms with Gasteiger partial charge >= 0.3 is 0 Å². The molecule has 1 amide bonds. The van der Waals surface area contributed by atoms with Crippen molar-refractivity contribution in [1.29, 1.82) is 0 Å². The molecule has 2 fully saturated rings. The van der Waals surface area contributed by atoms with E-state index in [1.807, 2.05) is 23.1 Å². The van der Waals surface area contributed by atoms with Gasteiger partial charge in [0.05, 0.1) is 6.10 Å². The summed E-state index contributed by atoms with van der Waals surface area (Å²) < 4.78 is 0. The summed E-state index contributed by atoms with van der Waals surface area (Å²) in [5, 5.41) is 10.1. The van der Waals surface area contributed by atoms with Crippen LogP contribution >= 0.6 is 0 Å². The van der Waals surface area contributed by atoms with E-state index in [9.17, 15) is 9.90 Å². The Morgan fingerprint density at radius 2 is 1.84 bits per heavy atom. The number of piperidine rings is 1. The Morgan fingerprint density at radius 3 is 2.52 bits per heavy atom. The number of carbonyl (C=O) groups is 1. The smallest absolute Gasteiger partial charge is 0.254 e. The van der Waals surface area contributed by atoms with Crippen molar-refractivity contribution in [3.05, 3.63) is 59.7 Å². The summed E-state index contributed by atoms with van der Waals surface area (Å²) in [7, 11) is 0. The molecule has 1 heterocycles. The van der Waals surface area contributed by atoms with Crippen LogP contribution in [0, 0.1) is 6.92 Å². The first kappa shape index (κ1) is 16.3. The molecular weight excluding hydrogens is 310 g/mol. The number of nitrogens with zero attached hydrogens (tertiary/aromatic N) is 1. The normalized spacial score (nSPS) is 21.8. The van der Waals surface area contributed by atoms with Gasteiger partial charge in [-0.2, -0.15) is 0 Å². The predicted molar refractivity (Wildman–Crippen MR) is 99.5 cm³/mol. The van der Waals surface area contributed by atoms with Crippen LogP contribution in [0.1, 0.15) is 48.0 Å². The van der Waals surface area contributed by atoms with Crippen LogP contribution in [0.3, 0.4) is 0 Å². The number of likely N-dealkylation sites (tertiary alicyclic amines) is 1. The van der Waals surface area contributed by atoms with Crippen molar-refractivity contribution in [3.8, 4) is 11.1 Å². The van der Waals surface area contributed by atoms with E-state index in [1.165, 1.54) is 5.56 Å². The second-order valence-corrected chi connectivity index (χ2v) is 7.63. The van der Waals surface area contributed by atoms with E-state index in [0.29, 0.717) is 13.0 Å². The highest BCUT2D eigenvalue weighted by atomic mass is 16.3. The standard InChI is InChI=1S/C22H25NO2/c1-16-5-2-6-17(13-16)18-7-3-8-19(14-18)21(25)23-12-9-20(24)15-22(23)10-4-11-22/h2-3,5-8,13-14,20,24H,4,9-12,15H2,1H3. The number of rotatable bonds is 2. The minimum Gasteiger partial charge on any atom is -0.393 e. The maximum Gasteiger partial charge on any atom is 0.254 e. The van der Waals surface area contributed by atoms with Crippen molar-refractivity contribution < 1.29 is 9.90 Å². The van der Waals surface area contributed by atoms with Gasteiger partial charge < -0.3 is 10.0 Å². The Kier molecular flexibility index (Phi) is 4.12. The fraction of sp³-hybridized carbons (Fsp3) is 0.409. The topological polar surface area (TPSA) is 40.5 Å². The number of benzene rings is 2. The Balaban J connectivity index is 1.63. The van der Waals surface area contributed by atoms with Gasteiger partial charge in [0, 0.05) is 17.6 Å².